The van der Waals surface area contributed by atoms with E-state index in [1.54, 1.807) is 0 Å². The molecule has 1 N–H and O–H groups in total. The van der Waals surface area contributed by atoms with Gasteiger partial charge in [0.1, 0.15) is 0 Å². The van der Waals surface area contributed by atoms with Gasteiger partial charge in [-0.05, 0) is 19.4 Å². The number of fused-ring (bicyclic) bond motifs is 1. The van der Waals surface area contributed by atoms with E-state index >= 15 is 0 Å². The van der Waals surface area contributed by atoms with E-state index in [4.69, 9.17) is 0 Å². The van der Waals surface area contributed by atoms with Crippen molar-refractivity contribution < 1.29 is 0 Å². The molecule has 0 amide bonds. The van der Waals surface area contributed by atoms with Gasteiger partial charge in [0.2, 0.25) is 0 Å². The summed E-state index contributed by atoms with van der Waals surface area (Å²) in [5.74, 6) is 0. The first-order valence-electron chi connectivity index (χ1n) is 4.41. The molecule has 60 valence electrons. The van der Waals surface area contributed by atoms with Crippen LogP contribution in [0.4, 0.5) is 0 Å². The van der Waals surface area contributed by atoms with Crippen molar-refractivity contribution in [2.24, 2.45) is 5.41 Å². The van der Waals surface area contributed by atoms with Crippen LogP contribution in [0.25, 0.3) is 0 Å². The molecule has 1 fully saturated rings. The van der Waals surface area contributed by atoms with E-state index in [2.05, 4.69) is 36.5 Å². The van der Waals surface area contributed by atoms with Gasteiger partial charge in [-0.1, -0.05) is 31.2 Å². The van der Waals surface area contributed by atoms with Crippen LogP contribution in [-0.4, -0.2) is 12.6 Å². The molecule has 11 heavy (non-hydrogen) atoms. The molecule has 1 aliphatic carbocycles. The van der Waals surface area contributed by atoms with Crippen LogP contribution in [0.3, 0.4) is 0 Å². The first-order valence-corrected chi connectivity index (χ1v) is 4.41. The van der Waals surface area contributed by atoms with Crippen LogP contribution in [-0.2, 0) is 0 Å². The van der Waals surface area contributed by atoms with Crippen LogP contribution in [0.15, 0.2) is 24.3 Å². The standard InChI is InChI=1S/C10H15N/c1-10-6-3-2-5-9(10)11-8-4-7-10/h2-3,5-6,9,11H,4,7-8H2,1H3. The lowest BCUT2D eigenvalue weighted by molar-refractivity contribution is 0.249. The lowest BCUT2D eigenvalue weighted by Crippen LogP contribution is -2.46. The molecule has 1 aliphatic heterocycles. The summed E-state index contributed by atoms with van der Waals surface area (Å²) in [6.45, 7) is 3.52. The van der Waals surface area contributed by atoms with Gasteiger partial charge in [0.25, 0.3) is 0 Å². The molecule has 0 bridgehead atoms. The Kier molecular flexibility index (Phi) is 1.61. The van der Waals surface area contributed by atoms with Crippen LogP contribution >= 0.6 is 0 Å². The summed E-state index contributed by atoms with van der Waals surface area (Å²) >= 11 is 0. The lowest BCUT2D eigenvalue weighted by atomic mass is 9.74. The second-order valence-electron chi connectivity index (χ2n) is 3.79. The predicted molar refractivity (Wildman–Crippen MR) is 47.4 cm³/mol. The second-order valence-corrected chi connectivity index (χ2v) is 3.79. The van der Waals surface area contributed by atoms with Crippen molar-refractivity contribution in [3.63, 3.8) is 0 Å². The fraction of sp³-hybridized carbons (Fsp3) is 0.600. The molecule has 1 heterocycles. The van der Waals surface area contributed by atoms with E-state index in [1.165, 1.54) is 19.4 Å². The molecule has 1 heteroatoms. The van der Waals surface area contributed by atoms with Crippen molar-refractivity contribution in [1.29, 1.82) is 0 Å². The third kappa shape index (κ3) is 1.14. The second kappa shape index (κ2) is 2.49. The van der Waals surface area contributed by atoms with E-state index < -0.39 is 0 Å². The molecular weight excluding hydrogens is 134 g/mol. The highest BCUT2D eigenvalue weighted by atomic mass is 14.9. The summed E-state index contributed by atoms with van der Waals surface area (Å²) in [6.07, 6.45) is 11.6. The average Bonchev–Trinajstić information content (AvgIpc) is 2.03. The molecule has 2 unspecified atom stereocenters. The Bertz CT molecular complexity index is 205. The first kappa shape index (κ1) is 7.11. The minimum Gasteiger partial charge on any atom is -0.310 e. The van der Waals surface area contributed by atoms with Crippen molar-refractivity contribution in [3.05, 3.63) is 24.3 Å². The third-order valence-corrected chi connectivity index (χ3v) is 2.86. The highest BCUT2D eigenvalue weighted by Crippen LogP contribution is 2.34. The van der Waals surface area contributed by atoms with Crippen LogP contribution in [0.5, 0.6) is 0 Å². The summed E-state index contributed by atoms with van der Waals surface area (Å²) < 4.78 is 0. The molecule has 0 aromatic rings. The molecule has 2 aliphatic rings. The van der Waals surface area contributed by atoms with E-state index in [0.29, 0.717) is 11.5 Å². The molecule has 0 spiro atoms. The summed E-state index contributed by atoms with van der Waals surface area (Å²) in [6, 6.07) is 0.584. The molecule has 0 aromatic heterocycles. The number of rotatable bonds is 0. The molecule has 0 saturated carbocycles. The molecule has 2 atom stereocenters. The topological polar surface area (TPSA) is 12.0 Å². The summed E-state index contributed by atoms with van der Waals surface area (Å²) in [7, 11) is 0. The van der Waals surface area contributed by atoms with Crippen molar-refractivity contribution in [2.45, 2.75) is 25.8 Å². The van der Waals surface area contributed by atoms with Crippen molar-refractivity contribution >= 4 is 0 Å². The summed E-state index contributed by atoms with van der Waals surface area (Å²) in [4.78, 5) is 0. The SMILES string of the molecule is CC12C=CC=CC1NCCC2. The van der Waals surface area contributed by atoms with Crippen LogP contribution in [0.2, 0.25) is 0 Å². The van der Waals surface area contributed by atoms with Gasteiger partial charge < -0.3 is 5.32 Å². The van der Waals surface area contributed by atoms with Gasteiger partial charge in [-0.25, -0.2) is 0 Å². The van der Waals surface area contributed by atoms with Gasteiger partial charge in [-0.2, -0.15) is 0 Å². The Balaban J connectivity index is 2.22. The van der Waals surface area contributed by atoms with Gasteiger partial charge in [0, 0.05) is 11.5 Å². The van der Waals surface area contributed by atoms with Gasteiger partial charge in [-0.3, -0.25) is 0 Å². The van der Waals surface area contributed by atoms with Gasteiger partial charge in [0.05, 0.1) is 0 Å². The van der Waals surface area contributed by atoms with Gasteiger partial charge in [0.15, 0.2) is 0 Å². The van der Waals surface area contributed by atoms with E-state index in [0.717, 1.165) is 0 Å². The predicted octanol–water partition coefficient (Wildman–Crippen LogP) is 1.87. The average molecular weight is 149 g/mol. The maximum absolute atomic E-state index is 3.52. The Morgan fingerprint density at radius 3 is 3.18 bits per heavy atom. The smallest absolute Gasteiger partial charge is 0.0342 e. The highest BCUT2D eigenvalue weighted by molar-refractivity contribution is 5.22. The fourth-order valence-corrected chi connectivity index (χ4v) is 2.04. The van der Waals surface area contributed by atoms with Gasteiger partial charge in [-0.15, -0.1) is 0 Å². The Hall–Kier alpha value is -0.560. The molecule has 1 saturated heterocycles. The molecular formula is C10H15N. The first-order chi connectivity index (χ1) is 5.31. The Labute approximate surface area is 68.2 Å². The van der Waals surface area contributed by atoms with E-state index in [-0.39, 0.29) is 0 Å². The minimum absolute atomic E-state index is 0.396. The molecule has 0 aromatic carbocycles. The van der Waals surface area contributed by atoms with E-state index in [1.807, 2.05) is 0 Å². The minimum atomic E-state index is 0.396. The monoisotopic (exact) mass is 149 g/mol. The summed E-state index contributed by atoms with van der Waals surface area (Å²) in [5, 5.41) is 3.52. The third-order valence-electron chi connectivity index (χ3n) is 2.86. The normalized spacial score (nSPS) is 42.1. The molecule has 1 nitrogen and oxygen atoms in total. The number of hydrogen-bond acceptors (Lipinski definition) is 1. The zero-order valence-corrected chi connectivity index (χ0v) is 7.01. The zero-order chi connectivity index (χ0) is 7.73. The quantitative estimate of drug-likeness (QED) is 0.554. The maximum Gasteiger partial charge on any atom is 0.0342 e. The maximum atomic E-state index is 3.52. The number of nitrogens with one attached hydrogen (secondary N) is 1. The fourth-order valence-electron chi connectivity index (χ4n) is 2.04. The number of allylic oxidation sites excluding steroid dienone is 2. The lowest BCUT2D eigenvalue weighted by Gasteiger charge is -2.39. The van der Waals surface area contributed by atoms with Crippen molar-refractivity contribution in [3.8, 4) is 0 Å². The molecule has 2 rings (SSSR count). The zero-order valence-electron chi connectivity index (χ0n) is 7.01. The van der Waals surface area contributed by atoms with Crippen LogP contribution < -0.4 is 5.32 Å². The summed E-state index contributed by atoms with van der Waals surface area (Å²) in [5.41, 5.74) is 0.396. The number of piperidine rings is 1. The van der Waals surface area contributed by atoms with Crippen LogP contribution in [0.1, 0.15) is 19.8 Å². The van der Waals surface area contributed by atoms with E-state index in [9.17, 15) is 0 Å². The Morgan fingerprint density at radius 1 is 1.45 bits per heavy atom. The van der Waals surface area contributed by atoms with Crippen LogP contribution in [0, 0.1) is 5.41 Å². The molecule has 0 radical (unpaired) electrons. The van der Waals surface area contributed by atoms with Crippen molar-refractivity contribution in [1.82, 2.24) is 5.32 Å². The van der Waals surface area contributed by atoms with Gasteiger partial charge >= 0.3 is 0 Å². The largest absolute Gasteiger partial charge is 0.310 e. The van der Waals surface area contributed by atoms with Crippen molar-refractivity contribution in [2.75, 3.05) is 6.54 Å². The number of hydrogen-bond donors (Lipinski definition) is 1. The Morgan fingerprint density at radius 2 is 2.36 bits per heavy atom. The highest BCUT2D eigenvalue weighted by Gasteiger charge is 2.33.